The molecule has 1 aliphatic rings. The van der Waals surface area contributed by atoms with E-state index in [2.05, 4.69) is 15.0 Å². The number of rotatable bonds is 6. The van der Waals surface area contributed by atoms with Crippen molar-refractivity contribution in [2.24, 2.45) is 5.92 Å². The first kappa shape index (κ1) is 14.3. The van der Waals surface area contributed by atoms with Crippen LogP contribution in [-0.2, 0) is 10.0 Å². The van der Waals surface area contributed by atoms with Crippen LogP contribution in [-0.4, -0.2) is 27.0 Å². The van der Waals surface area contributed by atoms with Crippen molar-refractivity contribution in [1.29, 1.82) is 0 Å². The third-order valence-corrected chi connectivity index (χ3v) is 5.23. The molecule has 6 heteroatoms. The van der Waals surface area contributed by atoms with Gasteiger partial charge < -0.3 is 5.32 Å². The van der Waals surface area contributed by atoms with Crippen LogP contribution in [0.4, 0.5) is 5.82 Å². The van der Waals surface area contributed by atoms with Crippen molar-refractivity contribution >= 4 is 26.7 Å². The van der Waals surface area contributed by atoms with Gasteiger partial charge in [0.25, 0.3) is 0 Å². The fraction of sp³-hybridized carbons (Fsp3) is 0.400. The van der Waals surface area contributed by atoms with E-state index < -0.39 is 10.0 Å². The quantitative estimate of drug-likeness (QED) is 0.859. The van der Waals surface area contributed by atoms with Crippen molar-refractivity contribution in [3.05, 3.63) is 30.3 Å². The van der Waals surface area contributed by atoms with Crippen LogP contribution in [0.2, 0.25) is 0 Å². The van der Waals surface area contributed by atoms with Gasteiger partial charge in [0.1, 0.15) is 5.82 Å². The number of hydrogen-bond donors (Lipinski definition) is 2. The van der Waals surface area contributed by atoms with Gasteiger partial charge in [0.05, 0.1) is 10.4 Å². The van der Waals surface area contributed by atoms with E-state index in [-0.39, 0.29) is 0 Å². The van der Waals surface area contributed by atoms with E-state index in [0.717, 1.165) is 23.1 Å². The highest BCUT2D eigenvalue weighted by molar-refractivity contribution is 7.89. The molecular weight excluding hydrogens is 286 g/mol. The van der Waals surface area contributed by atoms with Gasteiger partial charge >= 0.3 is 0 Å². The second-order valence-corrected chi connectivity index (χ2v) is 7.20. The molecule has 0 unspecified atom stereocenters. The molecule has 1 fully saturated rings. The van der Waals surface area contributed by atoms with Crippen molar-refractivity contribution in [2.75, 3.05) is 18.9 Å². The molecule has 2 aromatic rings. The minimum Gasteiger partial charge on any atom is -0.373 e. The topological polar surface area (TPSA) is 71.1 Å². The zero-order chi connectivity index (χ0) is 14.9. The molecule has 1 heterocycles. The SMILES string of the molecule is CNc1ccc2cc(S(=O)(=O)NCCC3CC3)ccc2n1. The number of hydrogen-bond acceptors (Lipinski definition) is 4. The molecule has 1 aliphatic carbocycles. The number of nitrogens with zero attached hydrogens (tertiary/aromatic N) is 1. The lowest BCUT2D eigenvalue weighted by atomic mass is 10.2. The van der Waals surface area contributed by atoms with Crippen molar-refractivity contribution in [3.63, 3.8) is 0 Å². The van der Waals surface area contributed by atoms with E-state index in [0.29, 0.717) is 17.4 Å². The van der Waals surface area contributed by atoms with Gasteiger partial charge in [-0.2, -0.15) is 0 Å². The van der Waals surface area contributed by atoms with Crippen LogP contribution in [0.3, 0.4) is 0 Å². The van der Waals surface area contributed by atoms with Crippen molar-refractivity contribution < 1.29 is 8.42 Å². The number of nitrogens with one attached hydrogen (secondary N) is 2. The molecule has 0 spiro atoms. The Morgan fingerprint density at radius 3 is 2.76 bits per heavy atom. The number of fused-ring (bicyclic) bond motifs is 1. The number of pyridine rings is 1. The summed E-state index contributed by atoms with van der Waals surface area (Å²) >= 11 is 0. The van der Waals surface area contributed by atoms with Gasteiger partial charge in [0, 0.05) is 19.0 Å². The number of benzene rings is 1. The molecule has 1 saturated carbocycles. The predicted octanol–water partition coefficient (Wildman–Crippen LogP) is 2.35. The predicted molar refractivity (Wildman–Crippen MR) is 83.8 cm³/mol. The van der Waals surface area contributed by atoms with E-state index >= 15 is 0 Å². The summed E-state index contributed by atoms with van der Waals surface area (Å²) in [4.78, 5) is 4.68. The van der Waals surface area contributed by atoms with Gasteiger partial charge in [-0.1, -0.05) is 12.8 Å². The van der Waals surface area contributed by atoms with Crippen molar-refractivity contribution in [2.45, 2.75) is 24.2 Å². The molecule has 21 heavy (non-hydrogen) atoms. The maximum Gasteiger partial charge on any atom is 0.240 e. The summed E-state index contributed by atoms with van der Waals surface area (Å²) in [5.74, 6) is 1.48. The summed E-state index contributed by atoms with van der Waals surface area (Å²) in [5.41, 5.74) is 0.777. The summed E-state index contributed by atoms with van der Waals surface area (Å²) in [6.07, 6.45) is 3.40. The summed E-state index contributed by atoms with van der Waals surface area (Å²) < 4.78 is 27.2. The fourth-order valence-corrected chi connectivity index (χ4v) is 3.38. The largest absolute Gasteiger partial charge is 0.373 e. The molecule has 112 valence electrons. The minimum atomic E-state index is -3.43. The van der Waals surface area contributed by atoms with Crippen LogP contribution in [0.25, 0.3) is 10.9 Å². The summed E-state index contributed by atoms with van der Waals surface area (Å²) in [7, 11) is -1.63. The maximum atomic E-state index is 12.3. The maximum absolute atomic E-state index is 12.3. The highest BCUT2D eigenvalue weighted by atomic mass is 32.2. The molecule has 1 aromatic carbocycles. The van der Waals surface area contributed by atoms with Crippen LogP contribution >= 0.6 is 0 Å². The van der Waals surface area contributed by atoms with Gasteiger partial charge in [-0.15, -0.1) is 0 Å². The Morgan fingerprint density at radius 1 is 1.24 bits per heavy atom. The zero-order valence-electron chi connectivity index (χ0n) is 12.0. The first-order valence-electron chi connectivity index (χ1n) is 7.17. The van der Waals surface area contributed by atoms with E-state index in [4.69, 9.17) is 0 Å². The van der Waals surface area contributed by atoms with Gasteiger partial charge in [-0.05, 0) is 42.7 Å². The first-order valence-corrected chi connectivity index (χ1v) is 8.65. The van der Waals surface area contributed by atoms with Gasteiger partial charge in [0.2, 0.25) is 10.0 Å². The van der Waals surface area contributed by atoms with Gasteiger partial charge in [0.15, 0.2) is 0 Å². The lowest BCUT2D eigenvalue weighted by Crippen LogP contribution is -2.25. The third-order valence-electron chi connectivity index (χ3n) is 3.77. The average Bonchev–Trinajstić information content (AvgIpc) is 3.30. The number of aromatic nitrogens is 1. The van der Waals surface area contributed by atoms with E-state index in [1.54, 1.807) is 25.2 Å². The van der Waals surface area contributed by atoms with Crippen LogP contribution in [0, 0.1) is 5.92 Å². The molecule has 0 saturated heterocycles. The standard InChI is InChI=1S/C15H19N3O2S/c1-16-15-7-4-12-10-13(5-6-14(12)18-15)21(19,20)17-9-8-11-2-3-11/h4-7,10-11,17H,2-3,8-9H2,1H3,(H,16,18). The lowest BCUT2D eigenvalue weighted by molar-refractivity contribution is 0.575. The Kier molecular flexibility index (Phi) is 3.82. The Bertz CT molecular complexity index is 755. The molecule has 3 rings (SSSR count). The van der Waals surface area contributed by atoms with Crippen LogP contribution < -0.4 is 10.0 Å². The lowest BCUT2D eigenvalue weighted by Gasteiger charge is -2.08. The van der Waals surface area contributed by atoms with Crippen molar-refractivity contribution in [3.8, 4) is 0 Å². The molecule has 1 aromatic heterocycles. The third kappa shape index (κ3) is 3.33. The highest BCUT2D eigenvalue weighted by Gasteiger charge is 2.22. The van der Waals surface area contributed by atoms with Crippen LogP contribution in [0.1, 0.15) is 19.3 Å². The Hall–Kier alpha value is -1.66. The van der Waals surface area contributed by atoms with Crippen LogP contribution in [0.5, 0.6) is 0 Å². The summed E-state index contributed by atoms with van der Waals surface area (Å²) in [6.45, 7) is 0.516. The smallest absolute Gasteiger partial charge is 0.240 e. The Balaban J connectivity index is 1.81. The normalized spacial score (nSPS) is 15.3. The molecule has 0 radical (unpaired) electrons. The Labute approximate surface area is 124 Å². The highest BCUT2D eigenvalue weighted by Crippen LogP contribution is 2.31. The average molecular weight is 305 g/mol. The summed E-state index contributed by atoms with van der Waals surface area (Å²) in [5, 5.41) is 3.79. The zero-order valence-corrected chi connectivity index (χ0v) is 12.8. The molecule has 0 atom stereocenters. The molecule has 5 nitrogen and oxygen atoms in total. The molecular formula is C15H19N3O2S. The fourth-order valence-electron chi connectivity index (χ4n) is 2.30. The van der Waals surface area contributed by atoms with Crippen molar-refractivity contribution in [1.82, 2.24) is 9.71 Å². The van der Waals surface area contributed by atoms with E-state index in [1.165, 1.54) is 12.8 Å². The van der Waals surface area contributed by atoms with Gasteiger partial charge in [-0.25, -0.2) is 18.1 Å². The second kappa shape index (κ2) is 5.61. The molecule has 0 aliphatic heterocycles. The van der Waals surface area contributed by atoms with E-state index in [1.807, 2.05) is 12.1 Å². The van der Waals surface area contributed by atoms with Gasteiger partial charge in [-0.3, -0.25) is 0 Å². The molecule has 0 bridgehead atoms. The van der Waals surface area contributed by atoms with E-state index in [9.17, 15) is 8.42 Å². The first-order chi connectivity index (χ1) is 10.1. The number of sulfonamides is 1. The Morgan fingerprint density at radius 2 is 2.05 bits per heavy atom. The minimum absolute atomic E-state index is 0.296. The second-order valence-electron chi connectivity index (χ2n) is 5.43. The molecule has 2 N–H and O–H groups in total. The monoisotopic (exact) mass is 305 g/mol. The summed E-state index contributed by atoms with van der Waals surface area (Å²) in [6, 6.07) is 8.72. The molecule has 0 amide bonds. The number of anilines is 1. The van der Waals surface area contributed by atoms with Crippen LogP contribution in [0.15, 0.2) is 35.2 Å².